The third-order valence-corrected chi connectivity index (χ3v) is 4.36. The molecule has 2 N–H and O–H groups in total. The molecule has 0 aromatic heterocycles. The normalized spacial score (nSPS) is 14.0. The summed E-state index contributed by atoms with van der Waals surface area (Å²) in [6.07, 6.45) is 2.11. The van der Waals surface area contributed by atoms with E-state index in [0.717, 1.165) is 5.56 Å². The molecule has 0 heterocycles. The van der Waals surface area contributed by atoms with Gasteiger partial charge in [0.15, 0.2) is 0 Å². The second-order valence-electron chi connectivity index (χ2n) is 5.28. The highest BCUT2D eigenvalue weighted by atomic mass is 32.2. The van der Waals surface area contributed by atoms with E-state index in [-0.39, 0.29) is 29.9 Å². The van der Waals surface area contributed by atoms with E-state index in [4.69, 9.17) is 4.74 Å². The first-order valence-electron chi connectivity index (χ1n) is 7.13. The molecule has 0 radical (unpaired) electrons. The molecule has 5 heteroatoms. The van der Waals surface area contributed by atoms with Gasteiger partial charge in [0, 0.05) is 16.9 Å². The Morgan fingerprint density at radius 2 is 1.90 bits per heavy atom. The highest BCUT2D eigenvalue weighted by molar-refractivity contribution is 7.99. The lowest BCUT2D eigenvalue weighted by atomic mass is 10.1. The second-order valence-corrected chi connectivity index (χ2v) is 6.35. The van der Waals surface area contributed by atoms with Crippen molar-refractivity contribution in [2.45, 2.75) is 44.8 Å². The summed E-state index contributed by atoms with van der Waals surface area (Å²) in [5.74, 6) is -0.119. The molecule has 1 aromatic rings. The maximum atomic E-state index is 12.1. The Labute approximate surface area is 131 Å². The van der Waals surface area contributed by atoms with Crippen LogP contribution in [-0.2, 0) is 11.3 Å². The van der Waals surface area contributed by atoms with Gasteiger partial charge in [0.05, 0.1) is 19.3 Å². The van der Waals surface area contributed by atoms with Crippen LogP contribution < -0.4 is 5.32 Å². The van der Waals surface area contributed by atoms with E-state index >= 15 is 0 Å². The molecule has 0 spiro atoms. The van der Waals surface area contributed by atoms with Crippen LogP contribution in [0.1, 0.15) is 36.7 Å². The molecule has 0 saturated heterocycles. The lowest BCUT2D eigenvalue weighted by Crippen LogP contribution is -2.41. The van der Waals surface area contributed by atoms with Crippen molar-refractivity contribution in [1.82, 2.24) is 5.32 Å². The number of nitrogens with one attached hydrogen (secondary N) is 1. The predicted octanol–water partition coefficient (Wildman–Crippen LogP) is 2.45. The van der Waals surface area contributed by atoms with E-state index in [1.807, 2.05) is 39.2 Å². The van der Waals surface area contributed by atoms with Crippen molar-refractivity contribution in [3.8, 4) is 0 Å². The Kier molecular flexibility index (Phi) is 7.78. The maximum Gasteiger partial charge on any atom is 0.251 e. The fourth-order valence-electron chi connectivity index (χ4n) is 1.84. The number of rotatable bonds is 8. The van der Waals surface area contributed by atoms with Crippen LogP contribution in [-0.4, -0.2) is 41.3 Å². The van der Waals surface area contributed by atoms with Gasteiger partial charge in [-0.3, -0.25) is 4.79 Å². The Hall–Kier alpha value is -1.04. The van der Waals surface area contributed by atoms with E-state index in [2.05, 4.69) is 5.32 Å². The van der Waals surface area contributed by atoms with Crippen LogP contribution >= 0.6 is 11.8 Å². The van der Waals surface area contributed by atoms with Crippen molar-refractivity contribution in [2.75, 3.05) is 12.9 Å². The largest absolute Gasteiger partial charge is 0.395 e. The van der Waals surface area contributed by atoms with Gasteiger partial charge < -0.3 is 15.2 Å². The fraction of sp³-hybridized carbons (Fsp3) is 0.562. The molecule has 0 saturated carbocycles. The molecule has 0 fully saturated rings. The maximum absolute atomic E-state index is 12.1. The summed E-state index contributed by atoms with van der Waals surface area (Å²) in [6, 6.07) is 7.32. The summed E-state index contributed by atoms with van der Waals surface area (Å²) in [7, 11) is 0. The van der Waals surface area contributed by atoms with Crippen LogP contribution in [0.2, 0.25) is 0 Å². The molecular formula is C16H25NO3S. The van der Waals surface area contributed by atoms with Crippen molar-refractivity contribution >= 4 is 17.7 Å². The number of thioether (sulfide) groups is 1. The number of carbonyl (C=O) groups excluding carboxylic acids is 1. The van der Waals surface area contributed by atoms with Crippen LogP contribution in [0.15, 0.2) is 24.3 Å². The number of carbonyl (C=O) groups is 1. The third kappa shape index (κ3) is 6.08. The van der Waals surface area contributed by atoms with Gasteiger partial charge >= 0.3 is 0 Å². The third-order valence-electron chi connectivity index (χ3n) is 3.20. The van der Waals surface area contributed by atoms with Crippen LogP contribution in [0, 0.1) is 0 Å². The molecule has 1 aromatic carbocycles. The van der Waals surface area contributed by atoms with Crippen LogP contribution in [0.4, 0.5) is 0 Å². The number of aliphatic hydroxyl groups excluding tert-OH is 1. The number of aliphatic hydroxyl groups is 1. The van der Waals surface area contributed by atoms with E-state index in [1.165, 1.54) is 0 Å². The molecule has 2 unspecified atom stereocenters. The van der Waals surface area contributed by atoms with Gasteiger partial charge in [0.25, 0.3) is 5.91 Å². The molecule has 1 rings (SSSR count). The van der Waals surface area contributed by atoms with Crippen LogP contribution in [0.3, 0.4) is 0 Å². The average Bonchev–Trinajstić information content (AvgIpc) is 2.46. The SMILES string of the molecule is CSC(CO)C(C)NC(=O)c1ccc(COC(C)C)cc1. The highest BCUT2D eigenvalue weighted by Gasteiger charge is 2.18. The lowest BCUT2D eigenvalue weighted by molar-refractivity contribution is 0.0656. The first-order chi connectivity index (χ1) is 9.97. The zero-order valence-electron chi connectivity index (χ0n) is 13.1. The average molecular weight is 311 g/mol. The number of hydrogen-bond donors (Lipinski definition) is 2. The summed E-state index contributed by atoms with van der Waals surface area (Å²) in [4.78, 5) is 12.1. The van der Waals surface area contributed by atoms with Crippen molar-refractivity contribution < 1.29 is 14.6 Å². The molecule has 0 bridgehead atoms. The molecule has 4 nitrogen and oxygen atoms in total. The Morgan fingerprint density at radius 1 is 1.29 bits per heavy atom. The molecule has 0 aliphatic rings. The second kappa shape index (κ2) is 9.07. The van der Waals surface area contributed by atoms with Crippen molar-refractivity contribution in [1.29, 1.82) is 0 Å². The number of amides is 1. The fourth-order valence-corrected chi connectivity index (χ4v) is 2.46. The van der Waals surface area contributed by atoms with Crippen LogP contribution in [0.25, 0.3) is 0 Å². The summed E-state index contributed by atoms with van der Waals surface area (Å²) < 4.78 is 5.52. The minimum atomic E-state index is -0.119. The topological polar surface area (TPSA) is 58.6 Å². The van der Waals surface area contributed by atoms with E-state index in [9.17, 15) is 9.90 Å². The Balaban J connectivity index is 2.58. The number of ether oxygens (including phenoxy) is 1. The monoisotopic (exact) mass is 311 g/mol. The first kappa shape index (κ1) is 18.0. The Morgan fingerprint density at radius 3 is 2.38 bits per heavy atom. The summed E-state index contributed by atoms with van der Waals surface area (Å²) in [5.41, 5.74) is 1.67. The van der Waals surface area contributed by atoms with Crippen molar-refractivity contribution in [2.24, 2.45) is 0 Å². The van der Waals surface area contributed by atoms with Gasteiger partial charge in [-0.25, -0.2) is 0 Å². The lowest BCUT2D eigenvalue weighted by Gasteiger charge is -2.21. The number of hydrogen-bond acceptors (Lipinski definition) is 4. The highest BCUT2D eigenvalue weighted by Crippen LogP contribution is 2.12. The standard InChI is InChI=1S/C16H25NO3S/c1-11(2)20-10-13-5-7-14(8-6-13)16(19)17-12(3)15(9-18)21-4/h5-8,11-12,15,18H,9-10H2,1-4H3,(H,17,19). The minimum Gasteiger partial charge on any atom is -0.395 e. The van der Waals surface area contributed by atoms with E-state index in [1.54, 1.807) is 23.9 Å². The Bertz CT molecular complexity index is 430. The van der Waals surface area contributed by atoms with Gasteiger partial charge in [-0.1, -0.05) is 12.1 Å². The minimum absolute atomic E-state index is 0.00710. The quantitative estimate of drug-likeness (QED) is 0.774. The van der Waals surface area contributed by atoms with E-state index in [0.29, 0.717) is 12.2 Å². The zero-order chi connectivity index (χ0) is 15.8. The van der Waals surface area contributed by atoms with Crippen molar-refractivity contribution in [3.05, 3.63) is 35.4 Å². The molecule has 1 amide bonds. The molecule has 0 aliphatic heterocycles. The molecular weight excluding hydrogens is 286 g/mol. The summed E-state index contributed by atoms with van der Waals surface area (Å²) >= 11 is 1.55. The molecule has 0 aliphatic carbocycles. The van der Waals surface area contributed by atoms with E-state index < -0.39 is 0 Å². The predicted molar refractivity (Wildman–Crippen MR) is 87.7 cm³/mol. The summed E-state index contributed by atoms with van der Waals surface area (Å²) in [6.45, 7) is 6.49. The number of benzene rings is 1. The first-order valence-corrected chi connectivity index (χ1v) is 8.41. The van der Waals surface area contributed by atoms with Gasteiger partial charge in [-0.05, 0) is 44.7 Å². The van der Waals surface area contributed by atoms with Crippen LogP contribution in [0.5, 0.6) is 0 Å². The smallest absolute Gasteiger partial charge is 0.251 e. The van der Waals surface area contributed by atoms with Gasteiger partial charge in [0.2, 0.25) is 0 Å². The van der Waals surface area contributed by atoms with Crippen molar-refractivity contribution in [3.63, 3.8) is 0 Å². The zero-order valence-corrected chi connectivity index (χ0v) is 13.9. The van der Waals surface area contributed by atoms with Gasteiger partial charge in [0.1, 0.15) is 0 Å². The molecule has 118 valence electrons. The molecule has 21 heavy (non-hydrogen) atoms. The van der Waals surface area contributed by atoms with Gasteiger partial charge in [-0.2, -0.15) is 11.8 Å². The summed E-state index contributed by atoms with van der Waals surface area (Å²) in [5, 5.41) is 12.2. The van der Waals surface area contributed by atoms with Gasteiger partial charge in [-0.15, -0.1) is 0 Å². The molecule has 2 atom stereocenters.